The summed E-state index contributed by atoms with van der Waals surface area (Å²) in [6, 6.07) is 2.98. The minimum absolute atomic E-state index is 0.135. The number of likely N-dealkylation sites (N-methyl/N-ethyl adjacent to an activating group) is 1. The molecule has 1 unspecified atom stereocenters. The van der Waals surface area contributed by atoms with E-state index in [2.05, 4.69) is 5.32 Å². The Hall–Kier alpha value is -1.04. The van der Waals surface area contributed by atoms with Gasteiger partial charge < -0.3 is 19.7 Å². The maximum Gasteiger partial charge on any atom is 0.287 e. The lowest BCUT2D eigenvalue weighted by molar-refractivity contribution is 0.0322. The second-order valence-corrected chi connectivity index (χ2v) is 4.89. The Morgan fingerprint density at radius 1 is 1.59 bits per heavy atom. The monoisotopic (exact) mass is 260 g/mol. The highest BCUT2D eigenvalue weighted by Gasteiger charge is 2.23. The highest BCUT2D eigenvalue weighted by molar-refractivity contribution is 6.29. The van der Waals surface area contributed by atoms with Crippen LogP contribution in [-0.2, 0) is 0 Å². The fourth-order valence-electron chi connectivity index (χ4n) is 1.53. The first-order valence-corrected chi connectivity index (χ1v) is 5.58. The Kier molecular flexibility index (Phi) is 4.56. The van der Waals surface area contributed by atoms with Crippen LogP contribution in [0.4, 0.5) is 0 Å². The Balaban J connectivity index is 2.48. The molecule has 0 radical (unpaired) electrons. The molecular weight excluding hydrogens is 244 g/mol. The molecule has 2 N–H and O–H groups in total. The van der Waals surface area contributed by atoms with Crippen molar-refractivity contribution in [2.75, 3.05) is 27.2 Å². The lowest BCUT2D eigenvalue weighted by atomic mass is 10.1. The molecule has 0 aliphatic heterocycles. The quantitative estimate of drug-likeness (QED) is 0.828. The average molecular weight is 261 g/mol. The van der Waals surface area contributed by atoms with E-state index in [9.17, 15) is 9.90 Å². The third-order valence-electron chi connectivity index (χ3n) is 2.08. The van der Waals surface area contributed by atoms with Crippen LogP contribution >= 0.6 is 11.6 Å². The van der Waals surface area contributed by atoms with Crippen molar-refractivity contribution in [3.63, 3.8) is 0 Å². The predicted molar refractivity (Wildman–Crippen MR) is 65.2 cm³/mol. The van der Waals surface area contributed by atoms with E-state index >= 15 is 0 Å². The van der Waals surface area contributed by atoms with Crippen LogP contribution in [-0.4, -0.2) is 48.7 Å². The van der Waals surface area contributed by atoms with Gasteiger partial charge in [-0.15, -0.1) is 0 Å². The molecule has 0 spiro atoms. The fourth-order valence-corrected chi connectivity index (χ4v) is 1.68. The molecule has 0 saturated heterocycles. The lowest BCUT2D eigenvalue weighted by Crippen LogP contribution is -2.47. The first kappa shape index (κ1) is 14.0. The standard InChI is InChI=1S/C11H17ClN2O3/c1-11(16,7-14(2)3)6-13-10(15)8-4-5-9(12)17-8/h4-5,16H,6-7H2,1-3H3,(H,13,15). The molecule has 1 aromatic heterocycles. The number of carbonyl (C=O) groups is 1. The maximum atomic E-state index is 11.6. The molecule has 0 saturated carbocycles. The Bertz CT molecular complexity index is 388. The van der Waals surface area contributed by atoms with E-state index in [1.807, 2.05) is 19.0 Å². The molecular formula is C11H17ClN2O3. The predicted octanol–water partition coefficient (Wildman–Crippen LogP) is 0.975. The van der Waals surface area contributed by atoms with E-state index in [0.717, 1.165) is 0 Å². The number of nitrogens with one attached hydrogen (secondary N) is 1. The van der Waals surface area contributed by atoms with E-state index in [0.29, 0.717) is 6.54 Å². The summed E-state index contributed by atoms with van der Waals surface area (Å²) in [5, 5.41) is 12.7. The zero-order valence-corrected chi connectivity index (χ0v) is 10.9. The van der Waals surface area contributed by atoms with E-state index in [1.165, 1.54) is 12.1 Å². The molecule has 1 amide bonds. The van der Waals surface area contributed by atoms with Crippen LogP contribution in [0.15, 0.2) is 16.5 Å². The second-order valence-electron chi connectivity index (χ2n) is 4.52. The molecule has 17 heavy (non-hydrogen) atoms. The summed E-state index contributed by atoms with van der Waals surface area (Å²) in [7, 11) is 3.70. The van der Waals surface area contributed by atoms with Gasteiger partial charge in [-0.3, -0.25) is 4.79 Å². The van der Waals surface area contributed by atoms with Crippen molar-refractivity contribution in [3.05, 3.63) is 23.1 Å². The third-order valence-corrected chi connectivity index (χ3v) is 2.29. The number of aliphatic hydroxyl groups is 1. The summed E-state index contributed by atoms with van der Waals surface area (Å²) >= 11 is 5.56. The number of rotatable bonds is 5. The molecule has 1 atom stereocenters. The SMILES string of the molecule is CN(C)CC(C)(O)CNC(=O)c1ccc(Cl)o1. The molecule has 0 aromatic carbocycles. The smallest absolute Gasteiger partial charge is 0.287 e. The summed E-state index contributed by atoms with van der Waals surface area (Å²) in [4.78, 5) is 13.4. The van der Waals surface area contributed by atoms with Gasteiger partial charge in [-0.1, -0.05) is 0 Å². The van der Waals surface area contributed by atoms with Crippen LogP contribution in [0.5, 0.6) is 0 Å². The van der Waals surface area contributed by atoms with Crippen LogP contribution in [0.1, 0.15) is 17.5 Å². The van der Waals surface area contributed by atoms with E-state index in [4.69, 9.17) is 16.0 Å². The number of nitrogens with zero attached hydrogens (tertiary/aromatic N) is 1. The van der Waals surface area contributed by atoms with Gasteiger partial charge in [-0.2, -0.15) is 0 Å². The van der Waals surface area contributed by atoms with Gasteiger partial charge in [-0.05, 0) is 44.8 Å². The van der Waals surface area contributed by atoms with Crippen molar-refractivity contribution in [2.45, 2.75) is 12.5 Å². The number of furan rings is 1. The van der Waals surface area contributed by atoms with Gasteiger partial charge in [0.25, 0.3) is 5.91 Å². The highest BCUT2D eigenvalue weighted by Crippen LogP contribution is 2.13. The van der Waals surface area contributed by atoms with Crippen molar-refractivity contribution < 1.29 is 14.3 Å². The van der Waals surface area contributed by atoms with Gasteiger partial charge >= 0.3 is 0 Å². The topological polar surface area (TPSA) is 65.7 Å². The van der Waals surface area contributed by atoms with Gasteiger partial charge in [-0.25, -0.2) is 0 Å². The molecule has 1 aromatic rings. The Morgan fingerprint density at radius 2 is 2.24 bits per heavy atom. The summed E-state index contributed by atoms with van der Waals surface area (Å²) < 4.78 is 4.95. The molecule has 0 fully saturated rings. The van der Waals surface area contributed by atoms with Gasteiger partial charge in [0.1, 0.15) is 0 Å². The Labute approximate surface area is 105 Å². The summed E-state index contributed by atoms with van der Waals surface area (Å²) in [6.07, 6.45) is 0. The van der Waals surface area contributed by atoms with Gasteiger partial charge in [0.15, 0.2) is 11.0 Å². The maximum absolute atomic E-state index is 11.6. The van der Waals surface area contributed by atoms with Crippen LogP contribution in [0.3, 0.4) is 0 Å². The molecule has 6 heteroatoms. The van der Waals surface area contributed by atoms with Crippen LogP contribution in [0.25, 0.3) is 0 Å². The van der Waals surface area contributed by atoms with Gasteiger partial charge in [0, 0.05) is 13.1 Å². The second kappa shape index (κ2) is 5.53. The van der Waals surface area contributed by atoms with Crippen molar-refractivity contribution >= 4 is 17.5 Å². The van der Waals surface area contributed by atoms with E-state index in [-0.39, 0.29) is 17.5 Å². The largest absolute Gasteiger partial charge is 0.440 e. The van der Waals surface area contributed by atoms with Gasteiger partial charge in [0.2, 0.25) is 0 Å². The number of amides is 1. The third kappa shape index (κ3) is 4.77. The summed E-state index contributed by atoms with van der Waals surface area (Å²) in [5.41, 5.74) is -0.991. The summed E-state index contributed by atoms with van der Waals surface area (Å²) in [5.74, 6) is -0.258. The van der Waals surface area contributed by atoms with Crippen molar-refractivity contribution in [1.29, 1.82) is 0 Å². The molecule has 5 nitrogen and oxygen atoms in total. The molecule has 96 valence electrons. The van der Waals surface area contributed by atoms with Crippen molar-refractivity contribution in [3.8, 4) is 0 Å². The van der Waals surface area contributed by atoms with Crippen LogP contribution in [0.2, 0.25) is 5.22 Å². The van der Waals surface area contributed by atoms with E-state index < -0.39 is 11.5 Å². The molecule has 1 heterocycles. The average Bonchev–Trinajstić information content (AvgIpc) is 2.59. The first-order chi connectivity index (χ1) is 7.80. The first-order valence-electron chi connectivity index (χ1n) is 5.21. The number of halogens is 1. The summed E-state index contributed by atoms with van der Waals surface area (Å²) in [6.45, 7) is 2.25. The van der Waals surface area contributed by atoms with Crippen LogP contribution in [0, 0.1) is 0 Å². The molecule has 0 aliphatic carbocycles. The number of carbonyl (C=O) groups excluding carboxylic acids is 1. The minimum atomic E-state index is -0.991. The van der Waals surface area contributed by atoms with Crippen molar-refractivity contribution in [1.82, 2.24) is 10.2 Å². The zero-order chi connectivity index (χ0) is 13.1. The lowest BCUT2D eigenvalue weighted by Gasteiger charge is -2.26. The number of hydrogen-bond acceptors (Lipinski definition) is 4. The molecule has 1 rings (SSSR count). The number of hydrogen-bond donors (Lipinski definition) is 2. The normalized spacial score (nSPS) is 14.7. The molecule has 0 bridgehead atoms. The minimum Gasteiger partial charge on any atom is -0.440 e. The highest BCUT2D eigenvalue weighted by atomic mass is 35.5. The van der Waals surface area contributed by atoms with E-state index in [1.54, 1.807) is 6.92 Å². The van der Waals surface area contributed by atoms with Crippen molar-refractivity contribution in [2.24, 2.45) is 0 Å². The zero-order valence-electron chi connectivity index (χ0n) is 10.2. The molecule has 0 aliphatic rings. The van der Waals surface area contributed by atoms with Gasteiger partial charge in [0.05, 0.1) is 5.60 Å². The van der Waals surface area contributed by atoms with Crippen LogP contribution < -0.4 is 5.32 Å². The Morgan fingerprint density at radius 3 is 2.71 bits per heavy atom. The fraction of sp³-hybridized carbons (Fsp3) is 0.545.